The minimum Gasteiger partial charge on any atom is -0.444 e. The van der Waals surface area contributed by atoms with Crippen LogP contribution in [0.15, 0.2) is 5.11 Å². The molecule has 0 spiro atoms. The minimum atomic E-state index is -0.516. The second-order valence-corrected chi connectivity index (χ2v) is 8.02. The first-order chi connectivity index (χ1) is 13.4. The molecule has 0 N–H and O–H groups in total. The van der Waals surface area contributed by atoms with E-state index in [9.17, 15) is 4.79 Å². The summed E-state index contributed by atoms with van der Waals surface area (Å²) in [7, 11) is 0. The highest BCUT2D eigenvalue weighted by atomic mass is 16.6. The highest BCUT2D eigenvalue weighted by molar-refractivity contribution is 5.68. The number of ether oxygens (including phenoxy) is 2. The molecule has 1 aliphatic rings. The monoisotopic (exact) mass is 393 g/mol. The van der Waals surface area contributed by atoms with E-state index in [1.165, 1.54) is 0 Å². The second kappa shape index (κ2) is 13.3. The van der Waals surface area contributed by atoms with Crippen LogP contribution in [0.25, 0.3) is 10.4 Å². The van der Waals surface area contributed by atoms with Crippen LogP contribution in [-0.2, 0) is 9.47 Å². The third-order valence-electron chi connectivity index (χ3n) is 4.43. The van der Waals surface area contributed by atoms with Gasteiger partial charge in [-0.25, -0.2) is 4.79 Å². The third kappa shape index (κ3) is 11.0. The second-order valence-electron chi connectivity index (χ2n) is 8.02. The fraction of sp³-hybridized carbons (Fsp3) is 0.850. The molecule has 0 bridgehead atoms. The van der Waals surface area contributed by atoms with Crippen LogP contribution in [-0.4, -0.2) is 73.5 Å². The molecular weight excluding hydrogens is 358 g/mol. The van der Waals surface area contributed by atoms with Gasteiger partial charge in [-0.05, 0) is 65.1 Å². The predicted octanol–water partition coefficient (Wildman–Crippen LogP) is 3.82. The summed E-state index contributed by atoms with van der Waals surface area (Å²) in [6, 6.07) is 0.153. The lowest BCUT2D eigenvalue weighted by atomic mass is 10.1. The van der Waals surface area contributed by atoms with Gasteiger partial charge in [-0.15, -0.1) is 12.3 Å². The predicted molar refractivity (Wildman–Crippen MR) is 110 cm³/mol. The van der Waals surface area contributed by atoms with Crippen molar-refractivity contribution in [2.24, 2.45) is 5.11 Å². The number of hydrogen-bond donors (Lipinski definition) is 0. The van der Waals surface area contributed by atoms with Crippen LogP contribution < -0.4 is 0 Å². The molecule has 0 saturated carbocycles. The van der Waals surface area contributed by atoms with Gasteiger partial charge in [-0.2, -0.15) is 0 Å². The summed E-state index contributed by atoms with van der Waals surface area (Å²) in [4.78, 5) is 19.2. The number of azide groups is 1. The summed E-state index contributed by atoms with van der Waals surface area (Å²) in [5.74, 6) is 2.57. The molecule has 1 aliphatic heterocycles. The first kappa shape index (κ1) is 24.1. The molecular formula is C20H35N5O3. The summed E-state index contributed by atoms with van der Waals surface area (Å²) in [5, 5.41) is 3.79. The summed E-state index contributed by atoms with van der Waals surface area (Å²) in [6.45, 7) is 10.9. The Morgan fingerprint density at radius 2 is 1.96 bits per heavy atom. The first-order valence-electron chi connectivity index (χ1n) is 10.1. The number of hydrogen-bond acceptors (Lipinski definition) is 5. The van der Waals surface area contributed by atoms with E-state index in [-0.39, 0.29) is 12.1 Å². The normalized spacial score (nSPS) is 15.5. The Labute approximate surface area is 169 Å². The van der Waals surface area contributed by atoms with Crippen molar-refractivity contribution in [3.8, 4) is 12.3 Å². The molecule has 1 amide bonds. The molecule has 28 heavy (non-hydrogen) atoms. The van der Waals surface area contributed by atoms with Crippen LogP contribution in [0, 0.1) is 12.3 Å². The van der Waals surface area contributed by atoms with E-state index in [1.54, 1.807) is 4.90 Å². The molecule has 1 saturated heterocycles. The Balaban J connectivity index is 2.14. The van der Waals surface area contributed by atoms with Crippen molar-refractivity contribution in [2.75, 3.05) is 45.9 Å². The number of nitrogens with zero attached hydrogens (tertiary/aromatic N) is 5. The van der Waals surface area contributed by atoms with E-state index < -0.39 is 5.60 Å². The van der Waals surface area contributed by atoms with Gasteiger partial charge >= 0.3 is 6.09 Å². The van der Waals surface area contributed by atoms with Crippen LogP contribution in [0.1, 0.15) is 52.9 Å². The fourth-order valence-corrected chi connectivity index (χ4v) is 3.00. The summed E-state index contributed by atoms with van der Waals surface area (Å²) in [5.41, 5.74) is 7.96. The molecule has 1 fully saturated rings. The van der Waals surface area contributed by atoms with Gasteiger partial charge in [0.05, 0.1) is 0 Å². The number of carbonyl (C=O) groups excluding carboxylic acids is 1. The molecule has 0 aromatic heterocycles. The van der Waals surface area contributed by atoms with Crippen LogP contribution >= 0.6 is 0 Å². The zero-order valence-corrected chi connectivity index (χ0v) is 17.6. The molecule has 0 unspecified atom stereocenters. The zero-order valence-electron chi connectivity index (χ0n) is 17.6. The first-order valence-corrected chi connectivity index (χ1v) is 10.1. The van der Waals surface area contributed by atoms with Crippen molar-refractivity contribution in [2.45, 2.75) is 64.5 Å². The fourth-order valence-electron chi connectivity index (χ4n) is 3.00. The molecule has 0 aromatic carbocycles. The van der Waals surface area contributed by atoms with Crippen LogP contribution in [0.3, 0.4) is 0 Å². The van der Waals surface area contributed by atoms with Crippen molar-refractivity contribution in [3.05, 3.63) is 10.4 Å². The quantitative estimate of drug-likeness (QED) is 0.175. The van der Waals surface area contributed by atoms with Crippen molar-refractivity contribution < 1.29 is 14.3 Å². The lowest BCUT2D eigenvalue weighted by molar-refractivity contribution is 0.0231. The Morgan fingerprint density at radius 1 is 1.29 bits per heavy atom. The van der Waals surface area contributed by atoms with Crippen LogP contribution in [0.5, 0.6) is 0 Å². The van der Waals surface area contributed by atoms with Gasteiger partial charge in [0.25, 0.3) is 0 Å². The molecule has 158 valence electrons. The molecule has 0 aliphatic carbocycles. The highest BCUT2D eigenvalue weighted by Gasteiger charge is 2.21. The highest BCUT2D eigenvalue weighted by Crippen LogP contribution is 2.14. The summed E-state index contributed by atoms with van der Waals surface area (Å²) >= 11 is 0. The van der Waals surface area contributed by atoms with Gasteiger partial charge in [0, 0.05) is 50.2 Å². The number of rotatable bonds is 11. The van der Waals surface area contributed by atoms with Crippen molar-refractivity contribution in [3.63, 3.8) is 0 Å². The lowest BCUT2D eigenvalue weighted by Crippen LogP contribution is -2.38. The maximum atomic E-state index is 12.2. The number of terminal acetylenes is 1. The molecule has 1 rings (SSSR count). The van der Waals surface area contributed by atoms with Gasteiger partial charge in [-0.3, -0.25) is 0 Å². The summed E-state index contributed by atoms with van der Waals surface area (Å²) in [6.07, 6.45) is 9.09. The number of amides is 1. The van der Waals surface area contributed by atoms with Crippen LogP contribution in [0.2, 0.25) is 0 Å². The van der Waals surface area contributed by atoms with Crippen LogP contribution in [0.4, 0.5) is 4.79 Å². The van der Waals surface area contributed by atoms with E-state index in [2.05, 4.69) is 20.8 Å². The Bertz CT molecular complexity index is 541. The number of likely N-dealkylation sites (tertiary alicyclic amines) is 1. The maximum absolute atomic E-state index is 12.2. The maximum Gasteiger partial charge on any atom is 0.410 e. The van der Waals surface area contributed by atoms with Gasteiger partial charge < -0.3 is 19.3 Å². The Morgan fingerprint density at radius 3 is 2.57 bits per heavy atom. The van der Waals surface area contributed by atoms with Gasteiger partial charge in [0.2, 0.25) is 0 Å². The van der Waals surface area contributed by atoms with Crippen molar-refractivity contribution in [1.29, 1.82) is 0 Å². The van der Waals surface area contributed by atoms with E-state index in [0.717, 1.165) is 45.3 Å². The largest absolute Gasteiger partial charge is 0.444 e. The van der Waals surface area contributed by atoms with E-state index >= 15 is 0 Å². The Kier molecular flexibility index (Phi) is 11.4. The minimum absolute atomic E-state index is 0.153. The Hall–Kier alpha value is -1.94. The summed E-state index contributed by atoms with van der Waals surface area (Å²) < 4.78 is 11.1. The average molecular weight is 394 g/mol. The van der Waals surface area contributed by atoms with Gasteiger partial charge in [-0.1, -0.05) is 5.11 Å². The lowest BCUT2D eigenvalue weighted by Gasteiger charge is -2.29. The van der Waals surface area contributed by atoms with Gasteiger partial charge in [0.15, 0.2) is 0 Å². The molecule has 8 nitrogen and oxygen atoms in total. The van der Waals surface area contributed by atoms with E-state index in [4.69, 9.17) is 21.4 Å². The molecule has 8 heteroatoms. The SMILES string of the molecule is C#CCCN(CCCOCCCN1CCC(N=[N+]=[N-])CC1)C(=O)OC(C)(C)C. The van der Waals surface area contributed by atoms with E-state index in [0.29, 0.717) is 32.7 Å². The van der Waals surface area contributed by atoms with E-state index in [1.807, 2.05) is 20.8 Å². The topological polar surface area (TPSA) is 90.8 Å². The number of piperidine rings is 1. The molecule has 0 atom stereocenters. The standard InChI is InChI=1S/C20H35N5O3/c1-5-6-12-25(19(26)28-20(2,3)4)13-8-17-27-16-7-11-24-14-9-18(10-15-24)22-23-21/h1,18H,6-17H2,2-4H3. The number of carbonyl (C=O) groups is 1. The average Bonchev–Trinajstić information content (AvgIpc) is 2.63. The smallest absolute Gasteiger partial charge is 0.410 e. The van der Waals surface area contributed by atoms with Gasteiger partial charge in [0.1, 0.15) is 5.60 Å². The molecule has 1 heterocycles. The zero-order chi connectivity index (χ0) is 20.8. The van der Waals surface area contributed by atoms with Crippen molar-refractivity contribution >= 4 is 6.09 Å². The van der Waals surface area contributed by atoms with Crippen molar-refractivity contribution in [1.82, 2.24) is 9.80 Å². The molecule has 0 radical (unpaired) electrons. The molecule has 0 aromatic rings. The third-order valence-corrected chi connectivity index (χ3v) is 4.43.